The van der Waals surface area contributed by atoms with Gasteiger partial charge < -0.3 is 24.9 Å². The Labute approximate surface area is 154 Å². The van der Waals surface area contributed by atoms with Crippen molar-refractivity contribution in [2.24, 2.45) is 0 Å². The molecule has 0 saturated carbocycles. The van der Waals surface area contributed by atoms with Gasteiger partial charge >= 0.3 is 11.6 Å². The molecule has 27 heavy (non-hydrogen) atoms. The van der Waals surface area contributed by atoms with Gasteiger partial charge in [0.2, 0.25) is 5.91 Å². The Hall–Kier alpha value is -3.36. The Morgan fingerprint density at radius 2 is 1.85 bits per heavy atom. The predicted molar refractivity (Wildman–Crippen MR) is 95.7 cm³/mol. The Morgan fingerprint density at radius 3 is 2.56 bits per heavy atom. The van der Waals surface area contributed by atoms with Gasteiger partial charge in [-0.05, 0) is 31.5 Å². The molecule has 0 aliphatic heterocycles. The summed E-state index contributed by atoms with van der Waals surface area (Å²) in [5.41, 5.74) is 1.29. The summed E-state index contributed by atoms with van der Waals surface area (Å²) in [6.07, 6.45) is -0.195. The maximum Gasteiger partial charge on any atom is 0.339 e. The number of carbonyl (C=O) groups is 3. The third-order valence-corrected chi connectivity index (χ3v) is 3.91. The van der Waals surface area contributed by atoms with E-state index in [-0.39, 0.29) is 26.1 Å². The van der Waals surface area contributed by atoms with Crippen molar-refractivity contribution >= 4 is 28.8 Å². The zero-order valence-electron chi connectivity index (χ0n) is 15.0. The molecule has 0 bridgehead atoms. The van der Waals surface area contributed by atoms with Crippen LogP contribution < -0.4 is 21.0 Å². The number of carboxylic acids is 1. The number of aliphatic carboxylic acids is 1. The summed E-state index contributed by atoms with van der Waals surface area (Å²) in [6, 6.07) is 4.92. The quantitative estimate of drug-likeness (QED) is 0.571. The fourth-order valence-corrected chi connectivity index (χ4v) is 2.27. The van der Waals surface area contributed by atoms with Crippen LogP contribution in [0.4, 0.5) is 0 Å². The van der Waals surface area contributed by atoms with Crippen molar-refractivity contribution in [3.05, 3.63) is 39.7 Å². The molecule has 0 spiro atoms. The van der Waals surface area contributed by atoms with Crippen LogP contribution in [0, 0.1) is 13.8 Å². The van der Waals surface area contributed by atoms with Crippen molar-refractivity contribution in [2.45, 2.75) is 20.3 Å². The van der Waals surface area contributed by atoms with Gasteiger partial charge in [-0.2, -0.15) is 0 Å². The van der Waals surface area contributed by atoms with E-state index < -0.39 is 23.4 Å². The highest BCUT2D eigenvalue weighted by atomic mass is 16.5. The highest BCUT2D eigenvalue weighted by molar-refractivity contribution is 5.86. The third kappa shape index (κ3) is 5.56. The first-order valence-electron chi connectivity index (χ1n) is 8.20. The Bertz CT molecular complexity index is 933. The van der Waals surface area contributed by atoms with E-state index in [2.05, 4.69) is 10.6 Å². The van der Waals surface area contributed by atoms with Gasteiger partial charge in [0.05, 0.1) is 13.0 Å². The van der Waals surface area contributed by atoms with Crippen LogP contribution >= 0.6 is 0 Å². The van der Waals surface area contributed by atoms with Gasteiger partial charge in [0, 0.05) is 23.6 Å². The van der Waals surface area contributed by atoms with Crippen LogP contribution in [-0.4, -0.2) is 42.6 Å². The summed E-state index contributed by atoms with van der Waals surface area (Å²) in [5, 5.41) is 14.0. The molecule has 2 amide bonds. The van der Waals surface area contributed by atoms with Crippen molar-refractivity contribution in [2.75, 3.05) is 19.7 Å². The number of nitrogens with one attached hydrogen (secondary N) is 2. The lowest BCUT2D eigenvalue weighted by molar-refractivity contribution is -0.137. The van der Waals surface area contributed by atoms with Crippen LogP contribution in [0.2, 0.25) is 0 Å². The molecule has 1 aromatic heterocycles. The Morgan fingerprint density at radius 1 is 1.11 bits per heavy atom. The van der Waals surface area contributed by atoms with Crippen LogP contribution in [0.15, 0.2) is 27.4 Å². The van der Waals surface area contributed by atoms with Crippen molar-refractivity contribution in [3.63, 3.8) is 0 Å². The van der Waals surface area contributed by atoms with Crippen LogP contribution in [-0.2, 0) is 14.4 Å². The summed E-state index contributed by atoms with van der Waals surface area (Å²) in [4.78, 5) is 45.3. The molecule has 144 valence electrons. The van der Waals surface area contributed by atoms with Gasteiger partial charge in [-0.25, -0.2) is 4.79 Å². The SMILES string of the molecule is Cc1c(C)c2ccc(OCC(=O)NCC(=O)NCCC(=O)O)cc2oc1=O. The molecule has 1 heterocycles. The summed E-state index contributed by atoms with van der Waals surface area (Å²) < 4.78 is 10.6. The monoisotopic (exact) mass is 376 g/mol. The number of hydrogen-bond donors (Lipinski definition) is 3. The number of benzene rings is 1. The van der Waals surface area contributed by atoms with Crippen LogP contribution in [0.5, 0.6) is 5.75 Å². The number of ether oxygens (including phenoxy) is 1. The Kier molecular flexibility index (Phi) is 6.53. The molecule has 0 saturated heterocycles. The number of carboxylic acid groups (broad SMARTS) is 1. The second-order valence-electron chi connectivity index (χ2n) is 5.86. The number of fused-ring (bicyclic) bond motifs is 1. The first-order valence-corrected chi connectivity index (χ1v) is 8.20. The third-order valence-electron chi connectivity index (χ3n) is 3.91. The van der Waals surface area contributed by atoms with Gasteiger partial charge in [0.25, 0.3) is 5.91 Å². The van der Waals surface area contributed by atoms with E-state index in [9.17, 15) is 19.2 Å². The first kappa shape index (κ1) is 20.0. The maximum absolute atomic E-state index is 11.8. The lowest BCUT2D eigenvalue weighted by atomic mass is 10.1. The zero-order chi connectivity index (χ0) is 20.0. The largest absolute Gasteiger partial charge is 0.484 e. The molecule has 3 N–H and O–H groups in total. The van der Waals surface area contributed by atoms with E-state index in [0.717, 1.165) is 10.9 Å². The predicted octanol–water partition coefficient (Wildman–Crippen LogP) is 0.496. The van der Waals surface area contributed by atoms with Gasteiger partial charge in [-0.15, -0.1) is 0 Å². The maximum atomic E-state index is 11.8. The van der Waals surface area contributed by atoms with E-state index in [1.807, 2.05) is 6.92 Å². The molecule has 9 heteroatoms. The summed E-state index contributed by atoms with van der Waals surface area (Å²) in [7, 11) is 0. The van der Waals surface area contributed by atoms with Gasteiger partial charge in [0.1, 0.15) is 11.3 Å². The average Bonchev–Trinajstić information content (AvgIpc) is 2.62. The van der Waals surface area contributed by atoms with Crippen LogP contribution in [0.3, 0.4) is 0 Å². The lowest BCUT2D eigenvalue weighted by Crippen LogP contribution is -2.39. The molecular formula is C18H20N2O7. The normalized spacial score (nSPS) is 10.4. The smallest absolute Gasteiger partial charge is 0.339 e. The molecule has 0 radical (unpaired) electrons. The van der Waals surface area contributed by atoms with Gasteiger partial charge in [-0.1, -0.05) is 0 Å². The van der Waals surface area contributed by atoms with Crippen molar-refractivity contribution < 1.29 is 28.6 Å². The fourth-order valence-electron chi connectivity index (χ4n) is 2.27. The first-order chi connectivity index (χ1) is 12.8. The fraction of sp³-hybridized carbons (Fsp3) is 0.333. The van der Waals surface area contributed by atoms with Crippen LogP contribution in [0.1, 0.15) is 17.5 Å². The van der Waals surface area contributed by atoms with E-state index in [1.165, 1.54) is 6.07 Å². The zero-order valence-corrected chi connectivity index (χ0v) is 15.0. The molecule has 0 aliphatic carbocycles. The molecule has 2 rings (SSSR count). The molecule has 1 aromatic carbocycles. The van der Waals surface area contributed by atoms with Crippen molar-refractivity contribution in [1.29, 1.82) is 0 Å². The molecule has 0 aliphatic rings. The van der Waals surface area contributed by atoms with Crippen molar-refractivity contribution in [3.8, 4) is 5.75 Å². The summed E-state index contributed by atoms with van der Waals surface area (Å²) >= 11 is 0. The minimum atomic E-state index is -1.02. The second kappa shape index (κ2) is 8.84. The van der Waals surface area contributed by atoms with Crippen LogP contribution in [0.25, 0.3) is 11.0 Å². The van der Waals surface area contributed by atoms with Crippen molar-refractivity contribution in [1.82, 2.24) is 10.6 Å². The molecule has 0 unspecified atom stereocenters. The highest BCUT2D eigenvalue weighted by Crippen LogP contribution is 2.23. The summed E-state index contributed by atoms with van der Waals surface area (Å²) in [6.45, 7) is 2.88. The minimum absolute atomic E-state index is 0.0122. The minimum Gasteiger partial charge on any atom is -0.484 e. The topological polar surface area (TPSA) is 135 Å². The van der Waals surface area contributed by atoms with E-state index in [4.69, 9.17) is 14.3 Å². The number of amides is 2. The van der Waals surface area contributed by atoms with E-state index >= 15 is 0 Å². The van der Waals surface area contributed by atoms with Gasteiger partial charge in [0.15, 0.2) is 6.61 Å². The number of rotatable bonds is 8. The Balaban J connectivity index is 1.86. The molecule has 2 aromatic rings. The molecule has 0 fully saturated rings. The average molecular weight is 376 g/mol. The van der Waals surface area contributed by atoms with E-state index in [0.29, 0.717) is 16.9 Å². The lowest BCUT2D eigenvalue weighted by Gasteiger charge is -2.09. The number of aryl methyl sites for hydroxylation is 1. The number of hydrogen-bond acceptors (Lipinski definition) is 6. The summed E-state index contributed by atoms with van der Waals surface area (Å²) in [5.74, 6) is -1.70. The molecular weight excluding hydrogens is 356 g/mol. The van der Waals surface area contributed by atoms with E-state index in [1.54, 1.807) is 19.1 Å². The molecule has 0 atom stereocenters. The highest BCUT2D eigenvalue weighted by Gasteiger charge is 2.10. The standard InChI is InChI=1S/C18H20N2O7/c1-10-11(2)18(25)27-14-7-12(3-4-13(10)14)26-9-16(22)20-8-15(21)19-6-5-17(23)24/h3-4,7H,5-6,8-9H2,1-2H3,(H,19,21)(H,20,22)(H,23,24). The second-order valence-corrected chi connectivity index (χ2v) is 5.86. The molecule has 9 nitrogen and oxygen atoms in total. The number of carbonyl (C=O) groups excluding carboxylic acids is 2. The van der Waals surface area contributed by atoms with Gasteiger partial charge in [-0.3, -0.25) is 14.4 Å².